The fraction of sp³-hybridized carbons (Fsp3) is 0.300. The van der Waals surface area contributed by atoms with Gasteiger partial charge in [0.15, 0.2) is 0 Å². The molecule has 0 saturated heterocycles. The standard InChI is InChI=1S/C38H40N3O2S3.C2H6O4S/c1-5-23-41-35(26-34-40(7-3)36(27-17-11-9-12-18-27)37(46-34)28-19-13-10-14-20-28)45-32(38(41)42)24-29(43-8-4)25-33-39(6-2)30-21-15-16-22-31(30)44-33;1-2-6-7(3,4)5/h9-22,24-26,33H,5-8,23H2,1-4H3;2H2,1H3,(H,3,4,5)/q+1;/p-1/b29-25?,32-24-;. The van der Waals surface area contributed by atoms with Crippen molar-refractivity contribution in [3.63, 3.8) is 0 Å². The van der Waals surface area contributed by atoms with E-state index in [9.17, 15) is 17.8 Å². The molecule has 13 heteroatoms. The van der Waals surface area contributed by atoms with Crippen molar-refractivity contribution < 1.29 is 26.5 Å². The molecule has 0 aliphatic carbocycles. The number of fused-ring (bicyclic) bond motifs is 1. The van der Waals surface area contributed by atoms with Crippen LogP contribution >= 0.6 is 34.4 Å². The largest absolute Gasteiger partial charge is 0.726 e. The van der Waals surface area contributed by atoms with Gasteiger partial charge in [-0.25, -0.2) is 8.42 Å². The lowest BCUT2D eigenvalue weighted by Crippen LogP contribution is -2.37. The van der Waals surface area contributed by atoms with Gasteiger partial charge in [0.05, 0.1) is 29.5 Å². The maximum atomic E-state index is 13.9. The van der Waals surface area contributed by atoms with Gasteiger partial charge in [-0.1, -0.05) is 90.7 Å². The Bertz CT molecular complexity index is 2300. The molecule has 0 saturated carbocycles. The molecule has 280 valence electrons. The van der Waals surface area contributed by atoms with E-state index in [0.29, 0.717) is 17.7 Å². The van der Waals surface area contributed by atoms with E-state index in [-0.39, 0.29) is 17.5 Å². The molecule has 0 spiro atoms. The lowest BCUT2D eigenvalue weighted by molar-refractivity contribution is -0.679. The van der Waals surface area contributed by atoms with Crippen LogP contribution < -0.4 is 24.2 Å². The van der Waals surface area contributed by atoms with E-state index in [2.05, 4.69) is 132 Å². The summed E-state index contributed by atoms with van der Waals surface area (Å²) in [4.78, 5) is 18.8. The van der Waals surface area contributed by atoms with Crippen molar-refractivity contribution >= 4 is 62.7 Å². The molecule has 6 rings (SSSR count). The second-order valence-electron chi connectivity index (χ2n) is 11.7. The van der Waals surface area contributed by atoms with E-state index in [4.69, 9.17) is 4.74 Å². The van der Waals surface area contributed by atoms with E-state index in [1.54, 1.807) is 22.7 Å². The number of para-hydroxylation sites is 1. The van der Waals surface area contributed by atoms with E-state index in [1.165, 1.54) is 39.2 Å². The Hall–Kier alpha value is -3.98. The summed E-state index contributed by atoms with van der Waals surface area (Å²) in [5.74, 6) is 0.734. The van der Waals surface area contributed by atoms with Gasteiger partial charge in [-0.2, -0.15) is 4.57 Å². The summed E-state index contributed by atoms with van der Waals surface area (Å²) in [5.41, 5.74) is 4.86. The molecule has 1 atom stereocenters. The molecule has 0 fully saturated rings. The monoisotopic (exact) mass is 791 g/mol. The SMILES string of the molecule is CCCn1c(=O)/c(=C/C(=CC2Sc3ccccc3N2CC)OCC)s/c1=C/c1sc(-c2ccccc2)c(-c2ccccc2)[n+]1CC.CCOS(=O)(=O)[O-]. The van der Waals surface area contributed by atoms with Gasteiger partial charge in [-0.05, 0) is 70.0 Å². The van der Waals surface area contributed by atoms with Gasteiger partial charge < -0.3 is 14.2 Å². The van der Waals surface area contributed by atoms with Gasteiger partial charge >= 0.3 is 0 Å². The van der Waals surface area contributed by atoms with Crippen LogP contribution in [0.2, 0.25) is 0 Å². The number of anilines is 1. The van der Waals surface area contributed by atoms with Crippen LogP contribution in [0.15, 0.2) is 106 Å². The molecule has 0 amide bonds. The third kappa shape index (κ3) is 9.97. The summed E-state index contributed by atoms with van der Waals surface area (Å²) in [7, 11) is -4.42. The molecular weight excluding hydrogens is 747 g/mol. The van der Waals surface area contributed by atoms with E-state index < -0.39 is 10.4 Å². The van der Waals surface area contributed by atoms with Gasteiger partial charge in [0, 0.05) is 29.6 Å². The molecular formula is C40H45N3O6S4. The Morgan fingerprint density at radius 2 is 1.55 bits per heavy atom. The molecule has 0 radical (unpaired) electrons. The van der Waals surface area contributed by atoms with E-state index >= 15 is 0 Å². The molecule has 53 heavy (non-hydrogen) atoms. The molecule has 0 bridgehead atoms. The number of allylic oxidation sites excluding steroid dienone is 1. The first-order valence-electron chi connectivity index (χ1n) is 17.7. The summed E-state index contributed by atoms with van der Waals surface area (Å²) in [6.45, 7) is 12.7. The van der Waals surface area contributed by atoms with Gasteiger partial charge in [-0.15, -0.1) is 11.3 Å². The number of hydrogen-bond acceptors (Lipinski definition) is 10. The van der Waals surface area contributed by atoms with Crippen molar-refractivity contribution in [2.24, 2.45) is 0 Å². The van der Waals surface area contributed by atoms with Gasteiger partial charge in [0.25, 0.3) is 10.6 Å². The lowest BCUT2D eigenvalue weighted by Gasteiger charge is -2.23. The molecule has 0 N–H and O–H groups in total. The fourth-order valence-electron chi connectivity index (χ4n) is 6.03. The highest BCUT2D eigenvalue weighted by Crippen LogP contribution is 2.44. The Morgan fingerprint density at radius 3 is 2.13 bits per heavy atom. The zero-order chi connectivity index (χ0) is 38.0. The summed E-state index contributed by atoms with van der Waals surface area (Å²) >= 11 is 5.15. The average molecular weight is 792 g/mol. The number of ether oxygens (including phenoxy) is 1. The number of benzene rings is 3. The number of aromatic nitrogens is 2. The van der Waals surface area contributed by atoms with Gasteiger partial charge in [0.1, 0.15) is 27.2 Å². The highest BCUT2D eigenvalue weighted by molar-refractivity contribution is 8.00. The van der Waals surface area contributed by atoms with Crippen LogP contribution in [0.5, 0.6) is 0 Å². The molecule has 9 nitrogen and oxygen atoms in total. The van der Waals surface area contributed by atoms with Gasteiger partial charge in [-0.3, -0.25) is 13.5 Å². The second kappa shape index (κ2) is 18.9. The predicted molar refractivity (Wildman–Crippen MR) is 217 cm³/mol. The number of nitrogens with zero attached hydrogens (tertiary/aromatic N) is 3. The third-order valence-electron chi connectivity index (χ3n) is 8.21. The zero-order valence-corrected chi connectivity index (χ0v) is 33.8. The van der Waals surface area contributed by atoms with Crippen LogP contribution in [0.3, 0.4) is 0 Å². The number of thiazole rings is 2. The number of hydrogen-bond donors (Lipinski definition) is 0. The zero-order valence-electron chi connectivity index (χ0n) is 30.6. The molecule has 5 aromatic rings. The normalized spacial score (nSPS) is 15.0. The molecule has 3 aromatic carbocycles. The highest BCUT2D eigenvalue weighted by Gasteiger charge is 2.29. The first-order chi connectivity index (χ1) is 25.6. The van der Waals surface area contributed by atoms with E-state index in [0.717, 1.165) is 34.9 Å². The molecule has 2 aromatic heterocycles. The number of rotatable bonds is 13. The highest BCUT2D eigenvalue weighted by atomic mass is 32.3. The minimum absolute atomic E-state index is 0.0320. The van der Waals surface area contributed by atoms with Crippen LogP contribution in [-0.2, 0) is 32.4 Å². The Labute approximate surface area is 324 Å². The predicted octanol–water partition coefficient (Wildman–Crippen LogP) is 6.99. The van der Waals surface area contributed by atoms with Gasteiger partial charge in [0.2, 0.25) is 16.1 Å². The summed E-state index contributed by atoms with van der Waals surface area (Å²) < 4.78 is 44.1. The maximum Gasteiger partial charge on any atom is 0.269 e. The Kier molecular flexibility index (Phi) is 14.3. The lowest BCUT2D eigenvalue weighted by atomic mass is 10.1. The van der Waals surface area contributed by atoms with Crippen molar-refractivity contribution in [2.75, 3.05) is 24.7 Å². The smallest absolute Gasteiger partial charge is 0.269 e. The first-order valence-corrected chi connectivity index (χ1v) is 21.5. The minimum atomic E-state index is -4.42. The quantitative estimate of drug-likeness (QED) is 0.0544. The van der Waals surface area contributed by atoms with Crippen molar-refractivity contribution in [2.45, 2.75) is 64.4 Å². The van der Waals surface area contributed by atoms with Crippen LogP contribution in [0.1, 0.15) is 46.0 Å². The van der Waals surface area contributed by atoms with Crippen molar-refractivity contribution in [3.8, 4) is 21.7 Å². The molecule has 3 heterocycles. The molecule has 1 unspecified atom stereocenters. The first kappa shape index (κ1) is 40.2. The Morgan fingerprint density at radius 1 is 0.887 bits per heavy atom. The molecule has 1 aliphatic rings. The summed E-state index contributed by atoms with van der Waals surface area (Å²) in [6, 6.07) is 29.7. The topological polar surface area (TPSA) is 105 Å². The Balaban J connectivity index is 0.000000705. The van der Waals surface area contributed by atoms with Crippen LogP contribution in [-0.4, -0.2) is 42.7 Å². The summed E-state index contributed by atoms with van der Waals surface area (Å²) in [5, 5.41) is 1.23. The third-order valence-corrected chi connectivity index (χ3v) is 12.2. The summed E-state index contributed by atoms with van der Waals surface area (Å²) in [6.07, 6.45) is 7.19. The minimum Gasteiger partial charge on any atom is -0.726 e. The van der Waals surface area contributed by atoms with Crippen molar-refractivity contribution in [1.82, 2.24) is 4.57 Å². The van der Waals surface area contributed by atoms with Crippen LogP contribution in [0.25, 0.3) is 33.9 Å². The average Bonchev–Trinajstić information content (AvgIpc) is 3.79. The van der Waals surface area contributed by atoms with E-state index in [1.807, 2.05) is 29.3 Å². The van der Waals surface area contributed by atoms with Crippen molar-refractivity contribution in [3.05, 3.63) is 121 Å². The number of likely N-dealkylation sites (N-methyl/N-ethyl adjacent to an activating group) is 1. The maximum absolute atomic E-state index is 13.9. The van der Waals surface area contributed by atoms with Crippen LogP contribution in [0.4, 0.5) is 5.69 Å². The van der Waals surface area contributed by atoms with Crippen molar-refractivity contribution in [1.29, 1.82) is 0 Å². The molecule has 1 aliphatic heterocycles. The fourth-order valence-corrected chi connectivity index (χ4v) is 10.1. The van der Waals surface area contributed by atoms with Crippen LogP contribution in [0, 0.1) is 0 Å². The second-order valence-corrected chi connectivity index (χ2v) is 16.0. The number of thioether (sulfide) groups is 1.